The first-order valence-electron chi connectivity index (χ1n) is 13.0. The number of ether oxygens (including phenoxy) is 3. The zero-order valence-electron chi connectivity index (χ0n) is 22.7. The van der Waals surface area contributed by atoms with Crippen molar-refractivity contribution in [2.45, 2.75) is 90.0 Å². The molecule has 0 amide bonds. The van der Waals surface area contributed by atoms with Crippen LogP contribution in [0.15, 0.2) is 66.7 Å². The molecular weight excluding hydrogens is 468 g/mol. The van der Waals surface area contributed by atoms with Crippen molar-refractivity contribution in [2.24, 2.45) is 0 Å². The highest BCUT2D eigenvalue weighted by atomic mass is 28.4. The number of hydrogen-bond acceptors (Lipinski definition) is 5. The molecular formula is C30H42O5Si. The minimum atomic E-state index is -1.85. The normalized spacial score (nSPS) is 20.9. The highest BCUT2D eigenvalue weighted by Gasteiger charge is 2.39. The van der Waals surface area contributed by atoms with Gasteiger partial charge in [0.15, 0.2) is 6.29 Å². The van der Waals surface area contributed by atoms with Gasteiger partial charge in [-0.25, -0.2) is 4.79 Å². The molecule has 6 heteroatoms. The minimum Gasteiger partial charge on any atom is -0.544 e. The Morgan fingerprint density at radius 3 is 2.33 bits per heavy atom. The third kappa shape index (κ3) is 8.32. The summed E-state index contributed by atoms with van der Waals surface area (Å²) in [5, 5.41) is 0.170. The van der Waals surface area contributed by atoms with Gasteiger partial charge in [-0.2, -0.15) is 0 Å². The summed E-state index contributed by atoms with van der Waals surface area (Å²) >= 11 is 0. The van der Waals surface area contributed by atoms with Crippen molar-refractivity contribution in [3.8, 4) is 5.75 Å². The van der Waals surface area contributed by atoms with Gasteiger partial charge in [-0.1, -0.05) is 69.3 Å². The first-order chi connectivity index (χ1) is 17.1. The molecule has 0 spiro atoms. The molecule has 0 radical (unpaired) electrons. The first kappa shape index (κ1) is 28.2. The first-order valence-corrected chi connectivity index (χ1v) is 16.0. The zero-order chi connectivity index (χ0) is 26.2. The van der Waals surface area contributed by atoms with Crippen LogP contribution in [0.3, 0.4) is 0 Å². The van der Waals surface area contributed by atoms with Gasteiger partial charge >= 0.3 is 5.97 Å². The monoisotopic (exact) mass is 510 g/mol. The number of benzene rings is 2. The topological polar surface area (TPSA) is 54.0 Å². The fraction of sp³-hybridized carbons (Fsp3) is 0.500. The molecule has 0 aliphatic carbocycles. The summed E-state index contributed by atoms with van der Waals surface area (Å²) < 4.78 is 24.0. The van der Waals surface area contributed by atoms with Crippen LogP contribution in [0.2, 0.25) is 18.1 Å². The van der Waals surface area contributed by atoms with E-state index in [0.717, 1.165) is 30.6 Å². The maximum atomic E-state index is 11.7. The van der Waals surface area contributed by atoms with Crippen LogP contribution in [0.25, 0.3) is 0 Å². The van der Waals surface area contributed by atoms with E-state index < -0.39 is 14.6 Å². The number of aryl methyl sites for hydroxylation is 1. The third-order valence-electron chi connectivity index (χ3n) is 7.03. The van der Waals surface area contributed by atoms with Crippen LogP contribution in [0.5, 0.6) is 5.75 Å². The predicted molar refractivity (Wildman–Crippen MR) is 147 cm³/mol. The molecule has 1 fully saturated rings. The Balaban J connectivity index is 1.61. The number of rotatable bonds is 10. The molecule has 1 heterocycles. The van der Waals surface area contributed by atoms with E-state index in [1.165, 1.54) is 11.6 Å². The smallest absolute Gasteiger partial charge is 0.330 e. The second kappa shape index (κ2) is 12.7. The van der Waals surface area contributed by atoms with Crippen LogP contribution in [-0.4, -0.2) is 33.1 Å². The zero-order valence-corrected chi connectivity index (χ0v) is 23.7. The number of carbonyl (C=O) groups is 1. The Morgan fingerprint density at radius 1 is 1.03 bits per heavy atom. The fourth-order valence-electron chi connectivity index (χ4n) is 3.90. The van der Waals surface area contributed by atoms with E-state index in [0.29, 0.717) is 13.0 Å². The molecule has 0 aromatic heterocycles. The summed E-state index contributed by atoms with van der Waals surface area (Å²) in [5.41, 5.74) is 2.27. The lowest BCUT2D eigenvalue weighted by Gasteiger charge is -2.36. The minimum absolute atomic E-state index is 0.0278. The molecule has 3 atom stereocenters. The van der Waals surface area contributed by atoms with Gasteiger partial charge in [0.25, 0.3) is 0 Å². The van der Waals surface area contributed by atoms with Crippen LogP contribution in [0, 0.1) is 0 Å². The lowest BCUT2D eigenvalue weighted by molar-refractivity contribution is -0.247. The Kier molecular flexibility index (Phi) is 9.94. The van der Waals surface area contributed by atoms with Gasteiger partial charge in [-0.15, -0.1) is 0 Å². The quantitative estimate of drug-likeness (QED) is 0.189. The predicted octanol–water partition coefficient (Wildman–Crippen LogP) is 7.39. The summed E-state index contributed by atoms with van der Waals surface area (Å²) in [7, 11) is -1.85. The summed E-state index contributed by atoms with van der Waals surface area (Å²) in [6.45, 7) is 13.5. The van der Waals surface area contributed by atoms with Gasteiger partial charge in [0.2, 0.25) is 8.32 Å². The summed E-state index contributed by atoms with van der Waals surface area (Å²) in [6.07, 6.45) is 6.19. The molecule has 0 bridgehead atoms. The van der Waals surface area contributed by atoms with Gasteiger partial charge in [0.05, 0.1) is 18.8 Å². The summed E-state index contributed by atoms with van der Waals surface area (Å²) in [6, 6.07) is 18.5. The second-order valence-electron chi connectivity index (χ2n) is 10.9. The Morgan fingerprint density at radius 2 is 1.69 bits per heavy atom. The number of esters is 1. The maximum absolute atomic E-state index is 11.7. The van der Waals surface area contributed by atoms with Crippen LogP contribution >= 0.6 is 0 Å². The summed E-state index contributed by atoms with van der Waals surface area (Å²) in [5.74, 6) is 0.631. The molecule has 0 saturated carbocycles. The molecule has 3 rings (SSSR count). The molecule has 5 nitrogen and oxygen atoms in total. The average molecular weight is 511 g/mol. The van der Waals surface area contributed by atoms with E-state index >= 15 is 0 Å². The van der Waals surface area contributed by atoms with Crippen molar-refractivity contribution < 1.29 is 23.4 Å². The SMILES string of the molecule is CCOC(=O)/C=C\C[C@@H]1C[C@H](CCc2ccc(O[Si](C)(C)C(C)(C)C)cc2)O[C@H](c2ccccc2)O1. The van der Waals surface area contributed by atoms with Crippen molar-refractivity contribution in [2.75, 3.05) is 6.61 Å². The van der Waals surface area contributed by atoms with Gasteiger partial charge in [-0.05, 0) is 62.0 Å². The summed E-state index contributed by atoms with van der Waals surface area (Å²) in [4.78, 5) is 11.7. The highest BCUT2D eigenvalue weighted by molar-refractivity contribution is 6.74. The van der Waals surface area contributed by atoms with Crippen molar-refractivity contribution in [3.63, 3.8) is 0 Å². The Labute approximate surface area is 217 Å². The molecule has 196 valence electrons. The lowest BCUT2D eigenvalue weighted by atomic mass is 9.99. The molecule has 1 aliphatic rings. The Hall–Kier alpha value is -2.41. The van der Waals surface area contributed by atoms with Crippen LogP contribution in [0.4, 0.5) is 0 Å². The van der Waals surface area contributed by atoms with Gasteiger partial charge in [-0.3, -0.25) is 0 Å². The van der Waals surface area contributed by atoms with Crippen LogP contribution in [0.1, 0.15) is 64.4 Å². The van der Waals surface area contributed by atoms with Crippen molar-refractivity contribution in [1.29, 1.82) is 0 Å². The van der Waals surface area contributed by atoms with E-state index in [2.05, 4.69) is 58.1 Å². The van der Waals surface area contributed by atoms with E-state index in [9.17, 15) is 4.79 Å². The van der Waals surface area contributed by atoms with Gasteiger partial charge in [0.1, 0.15) is 5.75 Å². The third-order valence-corrected chi connectivity index (χ3v) is 11.4. The van der Waals surface area contributed by atoms with Crippen LogP contribution < -0.4 is 4.43 Å². The van der Waals surface area contributed by atoms with Crippen molar-refractivity contribution in [3.05, 3.63) is 77.9 Å². The second-order valence-corrected chi connectivity index (χ2v) is 15.7. The standard InChI is InChI=1S/C30H42O5Si/c1-7-32-28(31)15-11-14-26-22-27(34-29(33-26)24-12-9-8-10-13-24)21-18-23-16-19-25(20-17-23)35-36(5,6)30(2,3)4/h8-13,15-17,19-20,26-27,29H,7,14,18,21-22H2,1-6H3/b15-11-/t26-,27+,29-/m1/s1. The van der Waals surface area contributed by atoms with Crippen molar-refractivity contribution >= 4 is 14.3 Å². The maximum Gasteiger partial charge on any atom is 0.330 e. The lowest BCUT2D eigenvalue weighted by Crippen LogP contribution is -2.43. The van der Waals surface area contributed by atoms with E-state index in [1.807, 2.05) is 36.4 Å². The molecule has 0 N–H and O–H groups in total. The molecule has 2 aromatic carbocycles. The molecule has 1 saturated heterocycles. The molecule has 0 unspecified atom stereocenters. The Bertz CT molecular complexity index is 979. The molecule has 36 heavy (non-hydrogen) atoms. The molecule has 2 aromatic rings. The fourth-order valence-corrected chi connectivity index (χ4v) is 4.93. The number of carbonyl (C=O) groups excluding carboxylic acids is 1. The average Bonchev–Trinajstić information content (AvgIpc) is 2.83. The largest absolute Gasteiger partial charge is 0.544 e. The van der Waals surface area contributed by atoms with E-state index in [-0.39, 0.29) is 23.2 Å². The van der Waals surface area contributed by atoms with Crippen molar-refractivity contribution in [1.82, 2.24) is 0 Å². The van der Waals surface area contributed by atoms with Crippen LogP contribution in [-0.2, 0) is 25.4 Å². The van der Waals surface area contributed by atoms with Gasteiger partial charge < -0.3 is 18.6 Å². The van der Waals surface area contributed by atoms with E-state index in [4.69, 9.17) is 18.6 Å². The number of hydrogen-bond donors (Lipinski definition) is 0. The van der Waals surface area contributed by atoms with E-state index in [1.54, 1.807) is 6.92 Å². The van der Waals surface area contributed by atoms with Gasteiger partial charge in [0, 0.05) is 18.1 Å². The molecule has 1 aliphatic heterocycles. The highest BCUT2D eigenvalue weighted by Crippen LogP contribution is 2.37.